The number of amides is 1. The molecule has 3 heterocycles. The summed E-state index contributed by atoms with van der Waals surface area (Å²) in [6.07, 6.45) is 2.38. The number of ether oxygens (including phenoxy) is 1. The van der Waals surface area contributed by atoms with Crippen molar-refractivity contribution in [1.82, 2.24) is 9.55 Å². The van der Waals surface area contributed by atoms with Crippen LogP contribution in [0, 0.1) is 0 Å². The lowest BCUT2D eigenvalue weighted by atomic mass is 10.2. The van der Waals surface area contributed by atoms with Crippen molar-refractivity contribution in [3.05, 3.63) is 73.4 Å². The molecule has 2 N–H and O–H groups in total. The van der Waals surface area contributed by atoms with E-state index in [1.807, 2.05) is 0 Å². The normalized spacial score (nSPS) is 16.4. The van der Waals surface area contributed by atoms with E-state index in [9.17, 15) is 19.2 Å². The highest BCUT2D eigenvalue weighted by Gasteiger charge is 2.21. The number of hydrogen-bond donors (Lipinski definition) is 2. The van der Waals surface area contributed by atoms with E-state index in [4.69, 9.17) is 9.15 Å². The quantitative estimate of drug-likeness (QED) is 0.650. The van der Waals surface area contributed by atoms with Gasteiger partial charge in [-0.25, -0.2) is 9.59 Å². The topological polar surface area (TPSA) is 123 Å². The first-order chi connectivity index (χ1) is 13.5. The third-order valence-electron chi connectivity index (χ3n) is 4.61. The van der Waals surface area contributed by atoms with Crippen molar-refractivity contribution in [3.8, 4) is 0 Å². The Morgan fingerprint density at radius 3 is 2.86 bits per heavy atom. The average molecular weight is 383 g/mol. The molecule has 4 rings (SSSR count). The lowest BCUT2D eigenvalue weighted by Crippen LogP contribution is -2.41. The average Bonchev–Trinajstić information content (AvgIpc) is 3.19. The number of anilines is 1. The molecule has 144 valence electrons. The molecule has 2 aromatic heterocycles. The summed E-state index contributed by atoms with van der Waals surface area (Å²) in [5.74, 6) is -0.815. The first-order valence-electron chi connectivity index (χ1n) is 8.81. The Kier molecular flexibility index (Phi) is 4.66. The van der Waals surface area contributed by atoms with Gasteiger partial charge < -0.3 is 19.5 Å². The first-order valence-corrected chi connectivity index (χ1v) is 8.81. The fourth-order valence-electron chi connectivity index (χ4n) is 3.17. The number of aromatic amines is 1. The maximum atomic E-state index is 12.6. The van der Waals surface area contributed by atoms with Crippen LogP contribution >= 0.6 is 0 Å². The number of hydrogen-bond acceptors (Lipinski definition) is 6. The molecular formula is C19H17N3O6. The number of nitrogens with one attached hydrogen (secondary N) is 2. The van der Waals surface area contributed by atoms with E-state index in [0.29, 0.717) is 17.6 Å². The SMILES string of the molecule is O=C(Nc1cc2ccccc2oc1=O)c1c[nH]c(=O)n(CC2CCCO2)c1=O. The van der Waals surface area contributed by atoms with Gasteiger partial charge in [0.05, 0.1) is 12.6 Å². The van der Waals surface area contributed by atoms with Gasteiger partial charge in [-0.1, -0.05) is 18.2 Å². The van der Waals surface area contributed by atoms with Crippen molar-refractivity contribution in [1.29, 1.82) is 0 Å². The van der Waals surface area contributed by atoms with Crippen molar-refractivity contribution < 1.29 is 13.9 Å². The van der Waals surface area contributed by atoms with Gasteiger partial charge in [-0.2, -0.15) is 0 Å². The summed E-state index contributed by atoms with van der Waals surface area (Å²) in [6, 6.07) is 8.31. The minimum atomic E-state index is -0.815. The maximum Gasteiger partial charge on any atom is 0.360 e. The molecule has 0 saturated carbocycles. The van der Waals surface area contributed by atoms with Crippen LogP contribution in [0.5, 0.6) is 0 Å². The summed E-state index contributed by atoms with van der Waals surface area (Å²) in [7, 11) is 0. The van der Waals surface area contributed by atoms with Crippen LogP contribution in [0.3, 0.4) is 0 Å². The van der Waals surface area contributed by atoms with Crippen LogP contribution in [-0.2, 0) is 11.3 Å². The summed E-state index contributed by atoms with van der Waals surface area (Å²) in [5.41, 5.74) is -2.11. The first kappa shape index (κ1) is 17.9. The Bertz CT molecular complexity index is 1220. The standard InChI is InChI=1S/C19H17N3O6/c23-16(21-14-8-11-4-1-2-6-15(11)28-18(14)25)13-9-20-19(26)22(17(13)24)10-12-5-3-7-27-12/h1-2,4,6,8-9,12H,3,5,7,10H2,(H,20,26)(H,21,23). The maximum absolute atomic E-state index is 12.6. The summed E-state index contributed by atoms with van der Waals surface area (Å²) in [5, 5.41) is 3.01. The lowest BCUT2D eigenvalue weighted by molar-refractivity contribution is 0.0941. The third kappa shape index (κ3) is 3.39. The van der Waals surface area contributed by atoms with E-state index in [1.165, 1.54) is 6.07 Å². The molecule has 3 aromatic rings. The van der Waals surface area contributed by atoms with Crippen LogP contribution in [0.25, 0.3) is 11.0 Å². The van der Waals surface area contributed by atoms with E-state index in [1.54, 1.807) is 24.3 Å². The van der Waals surface area contributed by atoms with E-state index < -0.39 is 22.8 Å². The molecule has 9 nitrogen and oxygen atoms in total. The smallest absolute Gasteiger partial charge is 0.360 e. The third-order valence-corrected chi connectivity index (χ3v) is 4.61. The Morgan fingerprint density at radius 1 is 1.25 bits per heavy atom. The minimum Gasteiger partial charge on any atom is -0.421 e. The van der Waals surface area contributed by atoms with Crippen LogP contribution in [0.15, 0.2) is 55.3 Å². The van der Waals surface area contributed by atoms with Gasteiger partial charge in [0.15, 0.2) is 0 Å². The van der Waals surface area contributed by atoms with Gasteiger partial charge in [-0.05, 0) is 25.0 Å². The van der Waals surface area contributed by atoms with E-state index in [0.717, 1.165) is 23.6 Å². The van der Waals surface area contributed by atoms with E-state index >= 15 is 0 Å². The van der Waals surface area contributed by atoms with Crippen molar-refractivity contribution >= 4 is 22.6 Å². The molecule has 0 spiro atoms. The largest absolute Gasteiger partial charge is 0.421 e. The van der Waals surface area contributed by atoms with Crippen LogP contribution in [-0.4, -0.2) is 28.2 Å². The summed E-state index contributed by atoms with van der Waals surface area (Å²) in [4.78, 5) is 51.7. The number of aromatic nitrogens is 2. The van der Waals surface area contributed by atoms with Gasteiger partial charge in [0.2, 0.25) is 0 Å². The molecule has 1 unspecified atom stereocenters. The van der Waals surface area contributed by atoms with Gasteiger partial charge in [-0.3, -0.25) is 14.2 Å². The van der Waals surface area contributed by atoms with Gasteiger partial charge in [0, 0.05) is 18.2 Å². The van der Waals surface area contributed by atoms with Crippen LogP contribution < -0.4 is 22.2 Å². The highest BCUT2D eigenvalue weighted by molar-refractivity contribution is 6.04. The number of carbonyl (C=O) groups excluding carboxylic acids is 1. The van der Waals surface area contributed by atoms with Gasteiger partial charge in [-0.15, -0.1) is 0 Å². The number of fused-ring (bicyclic) bond motifs is 1. The molecule has 0 bridgehead atoms. The number of carbonyl (C=O) groups is 1. The summed E-state index contributed by atoms with van der Waals surface area (Å²) in [6.45, 7) is 0.642. The molecule has 0 radical (unpaired) electrons. The Labute approximate surface area is 157 Å². The van der Waals surface area contributed by atoms with Crippen LogP contribution in [0.4, 0.5) is 5.69 Å². The molecular weight excluding hydrogens is 366 g/mol. The minimum absolute atomic E-state index is 0.0629. The molecule has 1 atom stereocenters. The molecule has 1 aromatic carbocycles. The Morgan fingerprint density at radius 2 is 2.07 bits per heavy atom. The monoisotopic (exact) mass is 383 g/mol. The zero-order valence-corrected chi connectivity index (χ0v) is 14.8. The Hall–Kier alpha value is -3.46. The highest BCUT2D eigenvalue weighted by atomic mass is 16.5. The molecule has 1 aliphatic rings. The molecule has 0 aliphatic carbocycles. The van der Waals surface area contributed by atoms with E-state index in [-0.39, 0.29) is 23.9 Å². The highest BCUT2D eigenvalue weighted by Crippen LogP contribution is 2.15. The predicted molar refractivity (Wildman–Crippen MR) is 101 cm³/mol. The molecule has 1 amide bonds. The van der Waals surface area contributed by atoms with Crippen molar-refractivity contribution in [3.63, 3.8) is 0 Å². The number of benzene rings is 1. The second-order valence-electron chi connectivity index (χ2n) is 6.50. The fourth-order valence-corrected chi connectivity index (χ4v) is 3.17. The lowest BCUT2D eigenvalue weighted by Gasteiger charge is -2.12. The number of nitrogens with zero attached hydrogens (tertiary/aromatic N) is 1. The van der Waals surface area contributed by atoms with Crippen molar-refractivity contribution in [2.45, 2.75) is 25.5 Å². The van der Waals surface area contributed by atoms with Gasteiger partial charge in [0.25, 0.3) is 11.5 Å². The number of H-pyrrole nitrogens is 1. The molecule has 28 heavy (non-hydrogen) atoms. The van der Waals surface area contributed by atoms with Gasteiger partial charge in [0.1, 0.15) is 16.8 Å². The number of rotatable bonds is 4. The molecule has 1 fully saturated rings. The van der Waals surface area contributed by atoms with Crippen molar-refractivity contribution in [2.24, 2.45) is 0 Å². The van der Waals surface area contributed by atoms with Crippen molar-refractivity contribution in [2.75, 3.05) is 11.9 Å². The van der Waals surface area contributed by atoms with Crippen LogP contribution in [0.2, 0.25) is 0 Å². The summed E-state index contributed by atoms with van der Waals surface area (Å²) < 4.78 is 11.6. The summed E-state index contributed by atoms with van der Waals surface area (Å²) >= 11 is 0. The second-order valence-corrected chi connectivity index (χ2v) is 6.50. The molecule has 9 heteroatoms. The van der Waals surface area contributed by atoms with Gasteiger partial charge >= 0.3 is 11.3 Å². The second kappa shape index (κ2) is 7.28. The molecule has 1 saturated heterocycles. The van der Waals surface area contributed by atoms with E-state index in [2.05, 4.69) is 10.3 Å². The van der Waals surface area contributed by atoms with Crippen LogP contribution in [0.1, 0.15) is 23.2 Å². The Balaban J connectivity index is 1.65. The molecule has 1 aliphatic heterocycles. The zero-order valence-electron chi connectivity index (χ0n) is 14.8. The fraction of sp³-hybridized carbons (Fsp3) is 0.263. The number of para-hydroxylation sites is 1. The zero-order chi connectivity index (χ0) is 19.7. The predicted octanol–water partition coefficient (Wildman–Crippen LogP) is 1.07.